The molecule has 2 unspecified atom stereocenters. The number of nitrogens with one attached hydrogen (secondary N) is 1. The molecule has 1 aliphatic rings. The third-order valence-corrected chi connectivity index (χ3v) is 5.12. The van der Waals surface area contributed by atoms with Gasteiger partial charge in [-0.2, -0.15) is 5.10 Å². The van der Waals surface area contributed by atoms with Crippen LogP contribution in [0.3, 0.4) is 0 Å². The zero-order valence-corrected chi connectivity index (χ0v) is 14.6. The van der Waals surface area contributed by atoms with Gasteiger partial charge in [0.15, 0.2) is 0 Å². The molecule has 2 rings (SSSR count). The molecule has 0 bridgehead atoms. The molecule has 5 heteroatoms. The first-order valence-corrected chi connectivity index (χ1v) is 8.68. The van der Waals surface area contributed by atoms with Gasteiger partial charge >= 0.3 is 0 Å². The van der Waals surface area contributed by atoms with Gasteiger partial charge in [0.25, 0.3) is 0 Å². The average Bonchev–Trinajstić information content (AvgIpc) is 2.82. The highest BCUT2D eigenvalue weighted by atomic mass is 35.5. The van der Waals surface area contributed by atoms with Gasteiger partial charge in [-0.05, 0) is 19.3 Å². The van der Waals surface area contributed by atoms with Crippen LogP contribution in [0, 0.1) is 5.92 Å². The summed E-state index contributed by atoms with van der Waals surface area (Å²) in [5, 5.41) is 9.15. The third-order valence-electron chi connectivity index (χ3n) is 4.69. The van der Waals surface area contributed by atoms with Gasteiger partial charge in [0.05, 0.1) is 16.4 Å². The van der Waals surface area contributed by atoms with Crippen LogP contribution in [0.5, 0.6) is 0 Å². The summed E-state index contributed by atoms with van der Waals surface area (Å²) in [7, 11) is 0. The smallest absolute Gasteiger partial charge is 0.0863 e. The zero-order valence-electron chi connectivity index (χ0n) is 13.8. The second kappa shape index (κ2) is 7.61. The number of rotatable bonds is 6. The molecule has 0 amide bonds. The summed E-state index contributed by atoms with van der Waals surface area (Å²) >= 11 is 6.53. The number of hydrogen-bond donors (Lipinski definition) is 1. The van der Waals surface area contributed by atoms with Gasteiger partial charge in [0, 0.05) is 38.8 Å². The molecule has 0 spiro atoms. The molecule has 0 saturated carbocycles. The van der Waals surface area contributed by atoms with Crippen LogP contribution in [0.15, 0.2) is 0 Å². The summed E-state index contributed by atoms with van der Waals surface area (Å²) in [5.74, 6) is 0.713. The van der Waals surface area contributed by atoms with Crippen LogP contribution in [-0.4, -0.2) is 40.4 Å². The monoisotopic (exact) mass is 312 g/mol. The van der Waals surface area contributed by atoms with E-state index in [9.17, 15) is 0 Å². The van der Waals surface area contributed by atoms with Crippen molar-refractivity contribution < 1.29 is 0 Å². The Labute approximate surface area is 133 Å². The number of aryl methyl sites for hydroxylation is 2. The molecule has 120 valence electrons. The van der Waals surface area contributed by atoms with E-state index < -0.39 is 0 Å². The van der Waals surface area contributed by atoms with E-state index in [-0.39, 0.29) is 0 Å². The minimum atomic E-state index is 0.589. The first kappa shape index (κ1) is 16.8. The van der Waals surface area contributed by atoms with Crippen LogP contribution in [-0.2, 0) is 19.5 Å². The Morgan fingerprint density at radius 1 is 1.38 bits per heavy atom. The fourth-order valence-electron chi connectivity index (χ4n) is 3.03. The Morgan fingerprint density at radius 2 is 2.14 bits per heavy atom. The van der Waals surface area contributed by atoms with E-state index in [0.717, 1.165) is 49.9 Å². The van der Waals surface area contributed by atoms with Gasteiger partial charge in [-0.3, -0.25) is 9.58 Å². The maximum absolute atomic E-state index is 6.53. The summed E-state index contributed by atoms with van der Waals surface area (Å²) in [6, 6.07) is 0.589. The Hall–Kier alpha value is -0.580. The van der Waals surface area contributed by atoms with E-state index in [1.54, 1.807) is 0 Å². The molecular formula is C16H29ClN4. The average molecular weight is 313 g/mol. The number of piperazine rings is 1. The molecule has 1 aliphatic heterocycles. The fourth-order valence-corrected chi connectivity index (χ4v) is 3.36. The number of hydrogen-bond acceptors (Lipinski definition) is 3. The molecule has 2 heterocycles. The maximum atomic E-state index is 6.53. The minimum absolute atomic E-state index is 0.589. The predicted molar refractivity (Wildman–Crippen MR) is 88.8 cm³/mol. The van der Waals surface area contributed by atoms with Crippen LogP contribution in [0.2, 0.25) is 5.02 Å². The van der Waals surface area contributed by atoms with E-state index in [0.29, 0.717) is 12.0 Å². The lowest BCUT2D eigenvalue weighted by atomic mass is 9.97. The van der Waals surface area contributed by atoms with E-state index >= 15 is 0 Å². The lowest BCUT2D eigenvalue weighted by Gasteiger charge is -2.36. The van der Waals surface area contributed by atoms with Crippen molar-refractivity contribution in [3.63, 3.8) is 0 Å². The molecular weight excluding hydrogens is 284 g/mol. The van der Waals surface area contributed by atoms with E-state index in [4.69, 9.17) is 11.6 Å². The van der Waals surface area contributed by atoms with E-state index in [1.807, 2.05) is 0 Å². The van der Waals surface area contributed by atoms with Crippen LogP contribution in [0.25, 0.3) is 0 Å². The Morgan fingerprint density at radius 3 is 2.76 bits per heavy atom. The van der Waals surface area contributed by atoms with Crippen molar-refractivity contribution in [2.24, 2.45) is 5.92 Å². The summed E-state index contributed by atoms with van der Waals surface area (Å²) in [4.78, 5) is 2.52. The molecule has 1 fully saturated rings. The Balaban J connectivity index is 2.09. The highest BCUT2D eigenvalue weighted by Gasteiger charge is 2.25. The molecule has 1 N–H and O–H groups in total. The lowest BCUT2D eigenvalue weighted by Crippen LogP contribution is -2.52. The third kappa shape index (κ3) is 3.79. The van der Waals surface area contributed by atoms with E-state index in [2.05, 4.69) is 47.7 Å². The normalized spacial score (nSPS) is 21.7. The van der Waals surface area contributed by atoms with Crippen molar-refractivity contribution in [2.45, 2.75) is 59.7 Å². The van der Waals surface area contributed by atoms with Gasteiger partial charge in [0.1, 0.15) is 0 Å². The number of aromatic nitrogens is 2. The Kier molecular flexibility index (Phi) is 6.08. The quantitative estimate of drug-likeness (QED) is 0.876. The Bertz CT molecular complexity index is 457. The van der Waals surface area contributed by atoms with Crippen molar-refractivity contribution >= 4 is 11.6 Å². The van der Waals surface area contributed by atoms with Gasteiger partial charge < -0.3 is 5.32 Å². The van der Waals surface area contributed by atoms with Crippen LogP contribution in [0.1, 0.15) is 45.5 Å². The van der Waals surface area contributed by atoms with Crippen molar-refractivity contribution in [3.8, 4) is 0 Å². The van der Waals surface area contributed by atoms with E-state index in [1.165, 1.54) is 12.1 Å². The summed E-state index contributed by atoms with van der Waals surface area (Å²) in [5.41, 5.74) is 2.21. The van der Waals surface area contributed by atoms with Crippen molar-refractivity contribution in [2.75, 3.05) is 19.6 Å². The van der Waals surface area contributed by atoms with Gasteiger partial charge in [0.2, 0.25) is 0 Å². The highest BCUT2D eigenvalue weighted by molar-refractivity contribution is 6.31. The summed E-state index contributed by atoms with van der Waals surface area (Å²) < 4.78 is 2.07. The molecule has 0 aromatic carbocycles. The maximum Gasteiger partial charge on any atom is 0.0863 e. The molecule has 4 nitrogen and oxygen atoms in total. The second-order valence-corrected chi connectivity index (χ2v) is 6.44. The van der Waals surface area contributed by atoms with Crippen LogP contribution in [0.4, 0.5) is 0 Å². The first-order valence-electron chi connectivity index (χ1n) is 8.30. The van der Waals surface area contributed by atoms with Gasteiger partial charge in [-0.1, -0.05) is 38.8 Å². The predicted octanol–water partition coefficient (Wildman–Crippen LogP) is 2.94. The SMILES string of the molecule is CCc1nn(CC)c(CN2CCNC(C(C)CC)C2)c1Cl. The molecule has 1 aromatic heterocycles. The summed E-state index contributed by atoms with van der Waals surface area (Å²) in [6.07, 6.45) is 2.12. The van der Waals surface area contributed by atoms with Crippen molar-refractivity contribution in [1.29, 1.82) is 0 Å². The van der Waals surface area contributed by atoms with Crippen molar-refractivity contribution in [1.82, 2.24) is 20.0 Å². The molecule has 1 saturated heterocycles. The fraction of sp³-hybridized carbons (Fsp3) is 0.812. The van der Waals surface area contributed by atoms with Crippen LogP contribution >= 0.6 is 11.6 Å². The number of nitrogens with zero attached hydrogens (tertiary/aromatic N) is 3. The second-order valence-electron chi connectivity index (χ2n) is 6.06. The topological polar surface area (TPSA) is 33.1 Å². The largest absolute Gasteiger partial charge is 0.311 e. The molecule has 0 radical (unpaired) electrons. The standard InChI is InChI=1S/C16H29ClN4/c1-5-12(4)14-10-20(9-8-18-14)11-15-16(17)13(6-2)19-21(15)7-3/h12,14,18H,5-11H2,1-4H3. The van der Waals surface area contributed by atoms with Crippen molar-refractivity contribution in [3.05, 3.63) is 16.4 Å². The molecule has 21 heavy (non-hydrogen) atoms. The van der Waals surface area contributed by atoms with Gasteiger partial charge in [-0.15, -0.1) is 0 Å². The zero-order chi connectivity index (χ0) is 15.4. The minimum Gasteiger partial charge on any atom is -0.311 e. The lowest BCUT2D eigenvalue weighted by molar-refractivity contribution is 0.159. The van der Waals surface area contributed by atoms with Crippen LogP contribution < -0.4 is 5.32 Å². The number of halogens is 1. The van der Waals surface area contributed by atoms with Gasteiger partial charge in [-0.25, -0.2) is 0 Å². The molecule has 2 atom stereocenters. The highest BCUT2D eigenvalue weighted by Crippen LogP contribution is 2.24. The molecule has 1 aromatic rings. The summed E-state index contributed by atoms with van der Waals surface area (Å²) in [6.45, 7) is 13.9. The first-order chi connectivity index (χ1) is 10.1. The molecule has 0 aliphatic carbocycles.